The molecule has 0 spiro atoms. The third-order valence-electron chi connectivity index (χ3n) is 2.84. The van der Waals surface area contributed by atoms with Crippen LogP contribution in [0.25, 0.3) is 10.9 Å². The number of hydrogen-bond acceptors (Lipinski definition) is 3. The number of nitrogens with one attached hydrogen (secondary N) is 1. The number of rotatable bonds is 2. The highest BCUT2D eigenvalue weighted by molar-refractivity contribution is 5.97. The van der Waals surface area contributed by atoms with Gasteiger partial charge in [0.25, 0.3) is 0 Å². The van der Waals surface area contributed by atoms with Crippen molar-refractivity contribution < 1.29 is 9.18 Å². The molecule has 1 amide bonds. The normalized spacial score (nSPS) is 10.7. The number of anilines is 2. The van der Waals surface area contributed by atoms with Crippen LogP contribution in [-0.2, 0) is 0 Å². The van der Waals surface area contributed by atoms with E-state index in [2.05, 4.69) is 16.5 Å². The molecule has 0 aliphatic carbocycles. The standard InChI is InChI=1S/C14H10FN4O/c15-9-5-7-10(8-6-9)17-13-11-3-1-2-4-12(11)19(18-13)14(16)20/h2-8H,(H2,16,20)(H,17,18). The van der Waals surface area contributed by atoms with E-state index < -0.39 is 6.03 Å². The molecule has 0 bridgehead atoms. The van der Waals surface area contributed by atoms with E-state index in [1.54, 1.807) is 30.3 Å². The Hall–Kier alpha value is -2.89. The van der Waals surface area contributed by atoms with E-state index in [9.17, 15) is 9.18 Å². The van der Waals surface area contributed by atoms with Crippen molar-refractivity contribution in [2.75, 3.05) is 5.32 Å². The molecule has 2 aromatic carbocycles. The minimum atomic E-state index is -0.673. The molecule has 3 N–H and O–H groups in total. The molecule has 3 aromatic rings. The van der Waals surface area contributed by atoms with Crippen LogP contribution in [0.4, 0.5) is 20.7 Å². The summed E-state index contributed by atoms with van der Waals surface area (Å²) in [5, 5.41) is 7.85. The average Bonchev–Trinajstić information content (AvgIpc) is 2.81. The first-order valence-corrected chi connectivity index (χ1v) is 5.86. The maximum absolute atomic E-state index is 12.9. The highest BCUT2D eigenvalue weighted by atomic mass is 19.1. The van der Waals surface area contributed by atoms with Gasteiger partial charge in [-0.1, -0.05) is 6.07 Å². The van der Waals surface area contributed by atoms with E-state index in [1.165, 1.54) is 12.1 Å². The summed E-state index contributed by atoms with van der Waals surface area (Å²) in [6, 6.07) is 13.1. The Morgan fingerprint density at radius 3 is 2.75 bits per heavy atom. The molecular weight excluding hydrogens is 259 g/mol. The Balaban J connectivity index is 2.07. The first-order chi connectivity index (χ1) is 9.65. The number of aromatic nitrogens is 2. The predicted octanol–water partition coefficient (Wildman–Crippen LogP) is 2.65. The molecule has 20 heavy (non-hydrogen) atoms. The summed E-state index contributed by atoms with van der Waals surface area (Å²) in [7, 11) is 0. The van der Waals surface area contributed by atoms with E-state index in [-0.39, 0.29) is 5.82 Å². The molecule has 0 aliphatic heterocycles. The number of amides is 1. The molecular formula is C14H10FN4O. The van der Waals surface area contributed by atoms with Gasteiger partial charge in [-0.25, -0.2) is 9.18 Å². The number of hydrogen-bond donors (Lipinski definition) is 2. The third kappa shape index (κ3) is 2.07. The van der Waals surface area contributed by atoms with Gasteiger partial charge < -0.3 is 11.1 Å². The maximum atomic E-state index is 12.9. The van der Waals surface area contributed by atoms with Gasteiger partial charge in [0.2, 0.25) is 0 Å². The zero-order chi connectivity index (χ0) is 14.1. The quantitative estimate of drug-likeness (QED) is 0.751. The van der Waals surface area contributed by atoms with Crippen LogP contribution in [0.15, 0.2) is 42.5 Å². The smallest absolute Gasteiger partial charge is 0.340 e. The molecule has 0 fully saturated rings. The van der Waals surface area contributed by atoms with Crippen LogP contribution >= 0.6 is 0 Å². The molecule has 99 valence electrons. The lowest BCUT2D eigenvalue weighted by Crippen LogP contribution is -2.20. The minimum absolute atomic E-state index is 0.323. The molecule has 0 saturated heterocycles. The van der Waals surface area contributed by atoms with Gasteiger partial charge in [-0.05, 0) is 42.5 Å². The number of fused-ring (bicyclic) bond motifs is 1. The van der Waals surface area contributed by atoms with Crippen LogP contribution in [0.3, 0.4) is 0 Å². The topological polar surface area (TPSA) is 72.9 Å². The molecule has 5 nitrogen and oxygen atoms in total. The fraction of sp³-hybridized carbons (Fsp3) is 0. The van der Waals surface area contributed by atoms with Crippen LogP contribution in [0.1, 0.15) is 0 Å². The monoisotopic (exact) mass is 269 g/mol. The molecule has 3 rings (SSSR count). The number of halogens is 1. The summed E-state index contributed by atoms with van der Waals surface area (Å²) >= 11 is 0. The number of carbonyl (C=O) groups excluding carboxylic acids is 1. The highest BCUT2D eigenvalue weighted by Gasteiger charge is 2.13. The Bertz CT molecular complexity index is 779. The number of nitrogens with two attached hydrogens (primary N) is 1. The summed E-state index contributed by atoms with van der Waals surface area (Å²) in [4.78, 5) is 11.4. The van der Waals surface area contributed by atoms with Gasteiger partial charge in [0, 0.05) is 11.1 Å². The largest absolute Gasteiger partial charge is 0.350 e. The Morgan fingerprint density at radius 2 is 2.05 bits per heavy atom. The Kier molecular flexibility index (Phi) is 2.83. The van der Waals surface area contributed by atoms with Gasteiger partial charge in [0.1, 0.15) is 5.82 Å². The van der Waals surface area contributed by atoms with Crippen LogP contribution in [0.5, 0.6) is 0 Å². The van der Waals surface area contributed by atoms with E-state index >= 15 is 0 Å². The number of carbonyl (C=O) groups is 1. The zero-order valence-corrected chi connectivity index (χ0v) is 10.3. The first-order valence-electron chi connectivity index (χ1n) is 5.86. The summed E-state index contributed by atoms with van der Waals surface area (Å²) in [5.74, 6) is 0.138. The SMILES string of the molecule is NC(=O)n1nc(Nc2ccc(F)cc2)c2c[c]ccc21. The molecule has 1 aromatic heterocycles. The van der Waals surface area contributed by atoms with Gasteiger partial charge in [0.15, 0.2) is 5.82 Å². The molecule has 0 atom stereocenters. The first kappa shape index (κ1) is 12.2. The van der Waals surface area contributed by atoms with Gasteiger partial charge in [-0.2, -0.15) is 4.68 Å². The number of benzene rings is 2. The zero-order valence-electron chi connectivity index (χ0n) is 10.3. The average molecular weight is 269 g/mol. The molecule has 0 saturated carbocycles. The number of nitrogens with zero attached hydrogens (tertiary/aromatic N) is 2. The number of primary amides is 1. The predicted molar refractivity (Wildman–Crippen MR) is 73.2 cm³/mol. The van der Waals surface area contributed by atoms with E-state index in [0.29, 0.717) is 22.4 Å². The second-order valence-electron chi connectivity index (χ2n) is 4.17. The molecule has 0 aliphatic rings. The van der Waals surface area contributed by atoms with Gasteiger partial charge in [-0.15, -0.1) is 5.10 Å². The lowest BCUT2D eigenvalue weighted by molar-refractivity contribution is 0.248. The van der Waals surface area contributed by atoms with Crippen molar-refractivity contribution in [1.82, 2.24) is 9.78 Å². The van der Waals surface area contributed by atoms with Crippen LogP contribution in [0.2, 0.25) is 0 Å². The summed E-state index contributed by atoms with van der Waals surface area (Å²) in [5.41, 5.74) is 6.52. The summed E-state index contributed by atoms with van der Waals surface area (Å²) in [6.45, 7) is 0. The Morgan fingerprint density at radius 1 is 1.30 bits per heavy atom. The lowest BCUT2D eigenvalue weighted by Gasteiger charge is -2.02. The lowest BCUT2D eigenvalue weighted by atomic mass is 10.2. The third-order valence-corrected chi connectivity index (χ3v) is 2.84. The van der Waals surface area contributed by atoms with Crippen molar-refractivity contribution in [2.24, 2.45) is 5.73 Å². The molecule has 1 radical (unpaired) electrons. The van der Waals surface area contributed by atoms with Crippen molar-refractivity contribution >= 4 is 28.4 Å². The Labute approximate surface area is 113 Å². The summed E-state index contributed by atoms with van der Waals surface area (Å²) < 4.78 is 14.0. The summed E-state index contributed by atoms with van der Waals surface area (Å²) in [6.07, 6.45) is 0. The molecule has 6 heteroatoms. The second kappa shape index (κ2) is 4.65. The fourth-order valence-electron chi connectivity index (χ4n) is 1.93. The van der Waals surface area contributed by atoms with Crippen LogP contribution < -0.4 is 11.1 Å². The minimum Gasteiger partial charge on any atom is -0.350 e. The fourth-order valence-corrected chi connectivity index (χ4v) is 1.93. The highest BCUT2D eigenvalue weighted by Crippen LogP contribution is 2.25. The van der Waals surface area contributed by atoms with Gasteiger partial charge in [-0.3, -0.25) is 0 Å². The van der Waals surface area contributed by atoms with Gasteiger partial charge >= 0.3 is 6.03 Å². The van der Waals surface area contributed by atoms with Crippen molar-refractivity contribution in [2.45, 2.75) is 0 Å². The van der Waals surface area contributed by atoms with Crippen LogP contribution in [0, 0.1) is 11.9 Å². The maximum Gasteiger partial charge on any atom is 0.340 e. The van der Waals surface area contributed by atoms with E-state index in [4.69, 9.17) is 5.73 Å². The second-order valence-corrected chi connectivity index (χ2v) is 4.17. The van der Waals surface area contributed by atoms with Crippen molar-refractivity contribution in [3.05, 3.63) is 54.3 Å². The van der Waals surface area contributed by atoms with Crippen LogP contribution in [-0.4, -0.2) is 15.8 Å². The van der Waals surface area contributed by atoms with E-state index in [1.807, 2.05) is 0 Å². The van der Waals surface area contributed by atoms with Crippen molar-refractivity contribution in [3.8, 4) is 0 Å². The molecule has 0 unspecified atom stereocenters. The molecule has 1 heterocycles. The van der Waals surface area contributed by atoms with E-state index in [0.717, 1.165) is 4.68 Å². The van der Waals surface area contributed by atoms with Crippen molar-refractivity contribution in [3.63, 3.8) is 0 Å². The van der Waals surface area contributed by atoms with Gasteiger partial charge in [0.05, 0.1) is 5.52 Å². The van der Waals surface area contributed by atoms with Crippen molar-refractivity contribution in [1.29, 1.82) is 0 Å².